The molecule has 0 saturated heterocycles. The first-order valence-corrected chi connectivity index (χ1v) is 5.60. The van der Waals surface area contributed by atoms with Crippen molar-refractivity contribution < 1.29 is 13.2 Å². The predicted molar refractivity (Wildman–Crippen MR) is 65.1 cm³/mol. The van der Waals surface area contributed by atoms with E-state index >= 15 is 0 Å². The van der Waals surface area contributed by atoms with Gasteiger partial charge in [0.05, 0.1) is 5.56 Å². The van der Waals surface area contributed by atoms with Gasteiger partial charge in [0.25, 0.3) is 0 Å². The summed E-state index contributed by atoms with van der Waals surface area (Å²) < 4.78 is 37.7. The summed E-state index contributed by atoms with van der Waals surface area (Å²) in [4.78, 5) is 3.46. The Morgan fingerprint density at radius 1 is 1.47 bits per heavy atom. The SMILES string of the molecule is C#CCC(CC)Nc1nc(C(F)(F)F)ccc1C#N. The number of hydrogen-bond donors (Lipinski definition) is 1. The van der Waals surface area contributed by atoms with Gasteiger partial charge in [0.15, 0.2) is 0 Å². The van der Waals surface area contributed by atoms with Crippen LogP contribution in [0.2, 0.25) is 0 Å². The molecule has 19 heavy (non-hydrogen) atoms. The van der Waals surface area contributed by atoms with Gasteiger partial charge in [0.1, 0.15) is 17.6 Å². The molecule has 0 radical (unpaired) electrons. The Kier molecular flexibility index (Phi) is 4.77. The maximum absolute atomic E-state index is 12.6. The number of terminal acetylenes is 1. The Hall–Kier alpha value is -2.21. The predicted octanol–water partition coefficient (Wildman–Crippen LogP) is 3.19. The quantitative estimate of drug-likeness (QED) is 0.852. The van der Waals surface area contributed by atoms with Crippen LogP contribution in [0.4, 0.5) is 19.0 Å². The molecule has 0 aliphatic heterocycles. The van der Waals surface area contributed by atoms with Crippen molar-refractivity contribution in [1.82, 2.24) is 4.98 Å². The summed E-state index contributed by atoms with van der Waals surface area (Å²) in [7, 11) is 0. The first-order chi connectivity index (χ1) is 8.92. The standard InChI is InChI=1S/C13H12F3N3/c1-3-5-10(4-2)18-12-9(8-17)6-7-11(19-12)13(14,15)16/h1,6-7,10H,4-5H2,2H3,(H,18,19). The zero-order valence-corrected chi connectivity index (χ0v) is 10.3. The number of rotatable bonds is 4. The van der Waals surface area contributed by atoms with Crippen molar-refractivity contribution in [2.45, 2.75) is 32.0 Å². The molecular formula is C13H12F3N3. The van der Waals surface area contributed by atoms with Crippen LogP contribution in [0.25, 0.3) is 0 Å². The number of nitriles is 1. The van der Waals surface area contributed by atoms with Gasteiger partial charge in [-0.25, -0.2) is 4.98 Å². The van der Waals surface area contributed by atoms with Gasteiger partial charge < -0.3 is 5.32 Å². The number of nitrogens with one attached hydrogen (secondary N) is 1. The lowest BCUT2D eigenvalue weighted by Crippen LogP contribution is -2.20. The maximum Gasteiger partial charge on any atom is 0.433 e. The Balaban J connectivity index is 3.11. The number of anilines is 1. The molecule has 1 rings (SSSR count). The number of hydrogen-bond acceptors (Lipinski definition) is 3. The average molecular weight is 267 g/mol. The van der Waals surface area contributed by atoms with Crippen LogP contribution in [0.15, 0.2) is 12.1 Å². The van der Waals surface area contributed by atoms with Crippen LogP contribution < -0.4 is 5.32 Å². The monoisotopic (exact) mass is 267 g/mol. The second-order valence-corrected chi connectivity index (χ2v) is 3.86. The van der Waals surface area contributed by atoms with Crippen LogP contribution in [0.5, 0.6) is 0 Å². The Labute approximate surface area is 109 Å². The fourth-order valence-electron chi connectivity index (χ4n) is 1.45. The summed E-state index contributed by atoms with van der Waals surface area (Å²) in [5, 5.41) is 11.7. The van der Waals surface area contributed by atoms with E-state index in [0.717, 1.165) is 12.1 Å². The number of pyridine rings is 1. The third-order valence-electron chi connectivity index (χ3n) is 2.50. The molecule has 0 fully saturated rings. The first kappa shape index (κ1) is 14.8. The van der Waals surface area contributed by atoms with E-state index in [4.69, 9.17) is 11.7 Å². The minimum atomic E-state index is -4.54. The molecule has 1 atom stereocenters. The van der Waals surface area contributed by atoms with E-state index in [-0.39, 0.29) is 17.4 Å². The Morgan fingerprint density at radius 3 is 2.63 bits per heavy atom. The molecule has 0 spiro atoms. The molecule has 0 bridgehead atoms. The summed E-state index contributed by atoms with van der Waals surface area (Å²) in [5.41, 5.74) is -0.979. The van der Waals surface area contributed by atoms with Gasteiger partial charge in [0.2, 0.25) is 0 Å². The lowest BCUT2D eigenvalue weighted by atomic mass is 10.1. The van der Waals surface area contributed by atoms with Gasteiger partial charge >= 0.3 is 6.18 Å². The van der Waals surface area contributed by atoms with Gasteiger partial charge in [-0.1, -0.05) is 6.92 Å². The minimum Gasteiger partial charge on any atom is -0.365 e. The highest BCUT2D eigenvalue weighted by Gasteiger charge is 2.33. The summed E-state index contributed by atoms with van der Waals surface area (Å²) in [6.07, 6.45) is 1.59. The molecule has 0 aliphatic rings. The summed E-state index contributed by atoms with van der Waals surface area (Å²) in [6, 6.07) is 3.47. The second-order valence-electron chi connectivity index (χ2n) is 3.86. The van der Waals surface area contributed by atoms with Gasteiger partial charge in [-0.05, 0) is 18.6 Å². The largest absolute Gasteiger partial charge is 0.433 e. The molecule has 1 aromatic heterocycles. The molecule has 0 aromatic carbocycles. The van der Waals surface area contributed by atoms with Crippen LogP contribution in [-0.2, 0) is 6.18 Å². The van der Waals surface area contributed by atoms with Crippen molar-refractivity contribution in [3.8, 4) is 18.4 Å². The molecule has 100 valence electrons. The number of halogens is 3. The van der Waals surface area contributed by atoms with Crippen molar-refractivity contribution in [3.63, 3.8) is 0 Å². The van der Waals surface area contributed by atoms with Crippen molar-refractivity contribution in [1.29, 1.82) is 5.26 Å². The number of aromatic nitrogens is 1. The summed E-state index contributed by atoms with van der Waals surface area (Å²) in [6.45, 7) is 1.84. The van der Waals surface area contributed by atoms with Crippen LogP contribution >= 0.6 is 0 Å². The van der Waals surface area contributed by atoms with E-state index in [1.807, 2.05) is 6.92 Å². The van der Waals surface area contributed by atoms with Crippen molar-refractivity contribution in [2.24, 2.45) is 0 Å². The molecule has 0 amide bonds. The number of alkyl halides is 3. The van der Waals surface area contributed by atoms with Crippen LogP contribution in [0.1, 0.15) is 31.0 Å². The molecular weight excluding hydrogens is 255 g/mol. The zero-order valence-electron chi connectivity index (χ0n) is 10.3. The Bertz CT molecular complexity index is 523. The molecule has 6 heteroatoms. The van der Waals surface area contributed by atoms with Crippen LogP contribution in [0.3, 0.4) is 0 Å². The zero-order chi connectivity index (χ0) is 14.5. The van der Waals surface area contributed by atoms with Gasteiger partial charge in [-0.2, -0.15) is 18.4 Å². The number of nitrogens with zero attached hydrogens (tertiary/aromatic N) is 2. The van der Waals surface area contributed by atoms with Gasteiger partial charge in [-0.3, -0.25) is 0 Å². The van der Waals surface area contributed by atoms with Crippen LogP contribution in [0, 0.1) is 23.7 Å². The lowest BCUT2D eigenvalue weighted by Gasteiger charge is -2.17. The molecule has 1 unspecified atom stereocenters. The highest BCUT2D eigenvalue weighted by atomic mass is 19.4. The molecule has 1 aromatic rings. The third kappa shape index (κ3) is 3.89. The van der Waals surface area contributed by atoms with E-state index < -0.39 is 11.9 Å². The molecule has 3 nitrogen and oxygen atoms in total. The molecule has 1 heterocycles. The average Bonchev–Trinajstić information content (AvgIpc) is 2.37. The van der Waals surface area contributed by atoms with Crippen LogP contribution in [-0.4, -0.2) is 11.0 Å². The molecule has 0 saturated carbocycles. The van der Waals surface area contributed by atoms with Crippen molar-refractivity contribution in [2.75, 3.05) is 5.32 Å². The van der Waals surface area contributed by atoms with E-state index in [2.05, 4.69) is 16.2 Å². The Morgan fingerprint density at radius 2 is 2.16 bits per heavy atom. The first-order valence-electron chi connectivity index (χ1n) is 5.60. The smallest absolute Gasteiger partial charge is 0.365 e. The summed E-state index contributed by atoms with van der Waals surface area (Å²) in [5.74, 6) is 2.34. The summed E-state index contributed by atoms with van der Waals surface area (Å²) >= 11 is 0. The van der Waals surface area contributed by atoms with Crippen molar-refractivity contribution in [3.05, 3.63) is 23.4 Å². The molecule has 1 N–H and O–H groups in total. The molecule has 0 aliphatic carbocycles. The fraction of sp³-hybridized carbons (Fsp3) is 0.385. The second kappa shape index (κ2) is 6.10. The maximum atomic E-state index is 12.6. The van der Waals surface area contributed by atoms with E-state index in [1.165, 1.54) is 0 Å². The topological polar surface area (TPSA) is 48.7 Å². The third-order valence-corrected chi connectivity index (χ3v) is 2.50. The minimum absolute atomic E-state index is 0.0588. The van der Waals surface area contributed by atoms with Crippen molar-refractivity contribution >= 4 is 5.82 Å². The normalized spacial score (nSPS) is 12.3. The van der Waals surface area contributed by atoms with Gasteiger partial charge in [0, 0.05) is 12.5 Å². The highest BCUT2D eigenvalue weighted by Crippen LogP contribution is 2.29. The highest BCUT2D eigenvalue weighted by molar-refractivity contribution is 5.53. The lowest BCUT2D eigenvalue weighted by molar-refractivity contribution is -0.141. The van der Waals surface area contributed by atoms with E-state index in [1.54, 1.807) is 6.07 Å². The van der Waals surface area contributed by atoms with E-state index in [0.29, 0.717) is 12.8 Å². The van der Waals surface area contributed by atoms with Gasteiger partial charge in [-0.15, -0.1) is 12.3 Å². The van der Waals surface area contributed by atoms with E-state index in [9.17, 15) is 13.2 Å². The fourth-order valence-corrected chi connectivity index (χ4v) is 1.45.